The molecule has 6 nitrogen and oxygen atoms in total. The van der Waals surface area contributed by atoms with Crippen molar-refractivity contribution >= 4 is 29.3 Å². The van der Waals surface area contributed by atoms with Gasteiger partial charge in [0.05, 0.1) is 29.5 Å². The summed E-state index contributed by atoms with van der Waals surface area (Å²) in [6.45, 7) is 5.93. The first-order valence-electron chi connectivity index (χ1n) is 9.91. The summed E-state index contributed by atoms with van der Waals surface area (Å²) < 4.78 is 5.18. The molecule has 2 aromatic carbocycles. The Morgan fingerprint density at radius 3 is 2.45 bits per heavy atom. The Morgan fingerprint density at radius 2 is 1.87 bits per heavy atom. The minimum atomic E-state index is -0.350. The number of rotatable bonds is 6. The molecule has 3 rings (SSSR count). The lowest BCUT2D eigenvalue weighted by Crippen LogP contribution is -2.31. The van der Waals surface area contributed by atoms with Gasteiger partial charge in [0.2, 0.25) is 11.8 Å². The maximum Gasteiger partial charge on any atom is 0.234 e. The maximum atomic E-state index is 12.6. The van der Waals surface area contributed by atoms with Crippen LogP contribution in [0.5, 0.6) is 5.75 Å². The number of nitriles is 1. The van der Waals surface area contributed by atoms with Crippen LogP contribution in [0.15, 0.2) is 47.0 Å². The second-order valence-electron chi connectivity index (χ2n) is 7.54. The van der Waals surface area contributed by atoms with Gasteiger partial charge in [0.15, 0.2) is 0 Å². The minimum Gasteiger partial charge on any atom is -0.497 e. The van der Waals surface area contributed by atoms with Gasteiger partial charge in [-0.25, -0.2) is 0 Å². The van der Waals surface area contributed by atoms with E-state index in [1.807, 2.05) is 57.2 Å². The third kappa shape index (κ3) is 5.28. The Morgan fingerprint density at radius 1 is 1.23 bits per heavy atom. The van der Waals surface area contributed by atoms with Crippen molar-refractivity contribution in [2.45, 2.75) is 33.1 Å². The van der Waals surface area contributed by atoms with Crippen molar-refractivity contribution in [3.63, 3.8) is 0 Å². The molecule has 0 fully saturated rings. The van der Waals surface area contributed by atoms with Crippen LogP contribution in [0, 0.1) is 32.1 Å². The quantitative estimate of drug-likeness (QED) is 0.705. The summed E-state index contributed by atoms with van der Waals surface area (Å²) in [6, 6.07) is 13.6. The van der Waals surface area contributed by atoms with Gasteiger partial charge in [-0.3, -0.25) is 9.59 Å². The van der Waals surface area contributed by atoms with Crippen LogP contribution in [0.25, 0.3) is 0 Å². The number of amides is 2. The molecule has 1 atom stereocenters. The van der Waals surface area contributed by atoms with Gasteiger partial charge in [0.25, 0.3) is 0 Å². The lowest BCUT2D eigenvalue weighted by molar-refractivity contribution is -0.121. The summed E-state index contributed by atoms with van der Waals surface area (Å²) in [6.07, 6.45) is 0.188. The number of nitrogens with zero attached hydrogens (tertiary/aromatic N) is 1. The second kappa shape index (κ2) is 9.71. The van der Waals surface area contributed by atoms with Crippen LogP contribution < -0.4 is 15.4 Å². The smallest absolute Gasteiger partial charge is 0.234 e. The lowest BCUT2D eigenvalue weighted by Gasteiger charge is -2.25. The molecular formula is C24H25N3O3S. The molecule has 2 amide bonds. The largest absolute Gasteiger partial charge is 0.497 e. The van der Waals surface area contributed by atoms with Crippen LogP contribution in [-0.4, -0.2) is 24.7 Å². The summed E-state index contributed by atoms with van der Waals surface area (Å²) in [5, 5.41) is 15.9. The van der Waals surface area contributed by atoms with E-state index in [9.17, 15) is 14.9 Å². The van der Waals surface area contributed by atoms with E-state index in [1.54, 1.807) is 7.11 Å². The molecule has 1 aliphatic rings. The van der Waals surface area contributed by atoms with Crippen molar-refractivity contribution in [3.8, 4) is 11.8 Å². The highest BCUT2D eigenvalue weighted by molar-refractivity contribution is 8.03. The highest BCUT2D eigenvalue weighted by atomic mass is 32.2. The molecule has 1 aliphatic heterocycles. The van der Waals surface area contributed by atoms with E-state index in [0.29, 0.717) is 16.4 Å². The Bertz CT molecular complexity index is 1060. The van der Waals surface area contributed by atoms with E-state index in [4.69, 9.17) is 4.74 Å². The monoisotopic (exact) mass is 435 g/mol. The summed E-state index contributed by atoms with van der Waals surface area (Å²) in [5.41, 5.74) is 5.26. The predicted octanol–water partition coefficient (Wildman–Crippen LogP) is 4.33. The third-order valence-corrected chi connectivity index (χ3v) is 6.18. The van der Waals surface area contributed by atoms with Gasteiger partial charge in [-0.15, -0.1) is 0 Å². The number of anilines is 1. The first-order chi connectivity index (χ1) is 14.8. The molecule has 160 valence electrons. The van der Waals surface area contributed by atoms with Gasteiger partial charge in [-0.1, -0.05) is 41.6 Å². The van der Waals surface area contributed by atoms with E-state index < -0.39 is 0 Å². The molecule has 0 radical (unpaired) electrons. The average Bonchev–Trinajstić information content (AvgIpc) is 2.74. The first-order valence-corrected chi connectivity index (χ1v) is 10.9. The SMILES string of the molecule is COc1ccc([C@@H]2CC(=O)NC(SCC(=O)Nc3c(C)cc(C)cc3C)=C2C#N)cc1. The van der Waals surface area contributed by atoms with Crippen LogP contribution in [0.1, 0.15) is 34.6 Å². The number of carbonyl (C=O) groups is 2. The molecule has 1 heterocycles. The van der Waals surface area contributed by atoms with Crippen molar-refractivity contribution in [1.82, 2.24) is 5.32 Å². The fourth-order valence-corrected chi connectivity index (χ4v) is 4.62. The molecule has 0 bridgehead atoms. The molecule has 0 saturated carbocycles. The highest BCUT2D eigenvalue weighted by Gasteiger charge is 2.30. The fraction of sp³-hybridized carbons (Fsp3) is 0.292. The molecule has 0 aromatic heterocycles. The summed E-state index contributed by atoms with van der Waals surface area (Å²) in [5.74, 6) is 0.0814. The standard InChI is InChI=1S/C24H25N3O3S/c1-14-9-15(2)23(16(3)10-14)26-22(29)13-31-24-20(12-25)19(11-21(28)27-24)17-5-7-18(30-4)8-6-17/h5-10,19H,11,13H2,1-4H3,(H,26,29)(H,27,28)/t19-/m0/s1. The molecule has 31 heavy (non-hydrogen) atoms. The van der Waals surface area contributed by atoms with Crippen molar-refractivity contribution < 1.29 is 14.3 Å². The molecule has 2 N–H and O–H groups in total. The number of carbonyl (C=O) groups excluding carboxylic acids is 2. The van der Waals surface area contributed by atoms with E-state index >= 15 is 0 Å². The second-order valence-corrected chi connectivity index (χ2v) is 8.53. The van der Waals surface area contributed by atoms with Crippen molar-refractivity contribution in [2.75, 3.05) is 18.2 Å². The third-order valence-electron chi connectivity index (χ3n) is 5.16. The number of thioether (sulfide) groups is 1. The molecule has 0 spiro atoms. The van der Waals surface area contributed by atoms with Crippen LogP contribution in [0.4, 0.5) is 5.69 Å². The van der Waals surface area contributed by atoms with Crippen LogP contribution >= 0.6 is 11.8 Å². The van der Waals surface area contributed by atoms with E-state index in [1.165, 1.54) is 11.8 Å². The number of ether oxygens (including phenoxy) is 1. The number of methoxy groups -OCH3 is 1. The Hall–Kier alpha value is -3.24. The van der Waals surface area contributed by atoms with Gasteiger partial charge >= 0.3 is 0 Å². The zero-order chi connectivity index (χ0) is 22.5. The van der Waals surface area contributed by atoms with Crippen LogP contribution in [0.3, 0.4) is 0 Å². The van der Waals surface area contributed by atoms with Gasteiger partial charge < -0.3 is 15.4 Å². The van der Waals surface area contributed by atoms with Gasteiger partial charge in [-0.05, 0) is 49.6 Å². The molecule has 2 aromatic rings. The highest BCUT2D eigenvalue weighted by Crippen LogP contribution is 2.36. The summed E-state index contributed by atoms with van der Waals surface area (Å²) >= 11 is 1.17. The number of allylic oxidation sites excluding steroid dienone is 1. The fourth-order valence-electron chi connectivity index (χ4n) is 3.74. The van der Waals surface area contributed by atoms with Gasteiger partial charge in [0.1, 0.15) is 5.75 Å². The topological polar surface area (TPSA) is 91.2 Å². The average molecular weight is 436 g/mol. The first kappa shape index (κ1) is 22.4. The van der Waals surface area contributed by atoms with Crippen LogP contribution in [0.2, 0.25) is 0 Å². The number of nitrogens with one attached hydrogen (secondary N) is 2. The van der Waals surface area contributed by atoms with E-state index in [-0.39, 0.29) is 29.9 Å². The van der Waals surface area contributed by atoms with E-state index in [0.717, 1.165) is 27.9 Å². The number of hydrogen-bond acceptors (Lipinski definition) is 5. The predicted molar refractivity (Wildman–Crippen MR) is 123 cm³/mol. The van der Waals surface area contributed by atoms with E-state index in [2.05, 4.69) is 16.7 Å². The summed E-state index contributed by atoms with van der Waals surface area (Å²) in [7, 11) is 1.59. The molecule has 0 unspecified atom stereocenters. The number of benzene rings is 2. The Kier molecular flexibility index (Phi) is 7.03. The Balaban J connectivity index is 1.77. The van der Waals surface area contributed by atoms with Crippen molar-refractivity contribution in [3.05, 3.63) is 69.3 Å². The number of hydrogen-bond donors (Lipinski definition) is 2. The molecule has 0 saturated heterocycles. The number of aryl methyl sites for hydroxylation is 3. The van der Waals surface area contributed by atoms with Gasteiger partial charge in [-0.2, -0.15) is 5.26 Å². The molecule has 7 heteroatoms. The molecule has 0 aliphatic carbocycles. The van der Waals surface area contributed by atoms with Gasteiger partial charge in [0, 0.05) is 18.0 Å². The minimum absolute atomic E-state index is 0.0862. The Labute approximate surface area is 186 Å². The van der Waals surface area contributed by atoms with Crippen LogP contribution in [-0.2, 0) is 9.59 Å². The zero-order valence-electron chi connectivity index (χ0n) is 18.0. The summed E-state index contributed by atoms with van der Waals surface area (Å²) in [4.78, 5) is 24.9. The maximum absolute atomic E-state index is 12.6. The zero-order valence-corrected chi connectivity index (χ0v) is 18.9. The van der Waals surface area contributed by atoms with Crippen molar-refractivity contribution in [2.24, 2.45) is 0 Å². The molecular weight excluding hydrogens is 410 g/mol. The normalized spacial score (nSPS) is 15.8. The lowest BCUT2D eigenvalue weighted by atomic mass is 9.87. The van der Waals surface area contributed by atoms with Crippen molar-refractivity contribution in [1.29, 1.82) is 5.26 Å².